The second kappa shape index (κ2) is 3.36. The van der Waals surface area contributed by atoms with E-state index in [4.69, 9.17) is 9.26 Å². The summed E-state index contributed by atoms with van der Waals surface area (Å²) in [6, 6.07) is 1.61. The zero-order chi connectivity index (χ0) is 10.1. The third-order valence-electron chi connectivity index (χ3n) is 1.51. The number of aromatic nitrogens is 1. The van der Waals surface area contributed by atoms with Gasteiger partial charge in [-0.05, 0) is 5.16 Å². The van der Waals surface area contributed by atoms with Crippen molar-refractivity contribution in [1.29, 1.82) is 0 Å². The van der Waals surface area contributed by atoms with Crippen molar-refractivity contribution in [2.24, 2.45) is 0 Å². The molecule has 0 aliphatic heterocycles. The van der Waals surface area contributed by atoms with E-state index in [1.807, 2.05) is 20.8 Å². The maximum Gasteiger partial charge on any atom is 0.256 e. The molecule has 0 amide bonds. The zero-order valence-corrected chi connectivity index (χ0v) is 8.30. The predicted octanol–water partition coefficient (Wildman–Crippen LogP) is 2.67. The zero-order valence-electron chi connectivity index (χ0n) is 8.30. The molecular weight excluding hydrogens is 173 g/mol. The summed E-state index contributed by atoms with van der Waals surface area (Å²) in [5.74, 6) is 0.878. The highest BCUT2D eigenvalue weighted by Crippen LogP contribution is 2.25. The van der Waals surface area contributed by atoms with Crippen LogP contribution in [0, 0.1) is 0 Å². The fourth-order valence-corrected chi connectivity index (χ4v) is 0.834. The van der Waals surface area contributed by atoms with E-state index in [1.54, 1.807) is 6.07 Å². The van der Waals surface area contributed by atoms with Gasteiger partial charge in [0.1, 0.15) is 5.76 Å². The molecule has 0 aromatic carbocycles. The fourth-order valence-electron chi connectivity index (χ4n) is 0.834. The van der Waals surface area contributed by atoms with Crippen molar-refractivity contribution in [3.8, 4) is 5.88 Å². The molecule has 1 aromatic rings. The molecular formula is C9H14FNO2. The Morgan fingerprint density at radius 3 is 2.54 bits per heavy atom. The van der Waals surface area contributed by atoms with E-state index in [0.717, 1.165) is 0 Å². The standard InChI is InChI=1S/C9H14FNO2/c1-6(10)12-8-5-7(13-11-8)9(2,3)4/h5-6H,1-4H3. The lowest BCUT2D eigenvalue weighted by Crippen LogP contribution is -2.09. The number of halogens is 1. The third-order valence-corrected chi connectivity index (χ3v) is 1.51. The molecule has 0 fully saturated rings. The minimum absolute atomic E-state index is 0.131. The molecule has 0 aliphatic rings. The van der Waals surface area contributed by atoms with Crippen LogP contribution < -0.4 is 4.74 Å². The minimum Gasteiger partial charge on any atom is -0.441 e. The monoisotopic (exact) mass is 187 g/mol. The van der Waals surface area contributed by atoms with E-state index in [9.17, 15) is 4.39 Å². The summed E-state index contributed by atoms with van der Waals surface area (Å²) >= 11 is 0. The van der Waals surface area contributed by atoms with Gasteiger partial charge < -0.3 is 9.26 Å². The predicted molar refractivity (Wildman–Crippen MR) is 46.4 cm³/mol. The summed E-state index contributed by atoms with van der Waals surface area (Å²) in [5.41, 5.74) is -0.131. The first-order valence-electron chi connectivity index (χ1n) is 4.17. The molecule has 1 heterocycles. The summed E-state index contributed by atoms with van der Waals surface area (Å²) in [7, 11) is 0. The molecule has 74 valence electrons. The summed E-state index contributed by atoms with van der Waals surface area (Å²) in [5, 5.41) is 3.59. The van der Waals surface area contributed by atoms with Crippen LogP contribution in [0.15, 0.2) is 10.6 Å². The molecule has 1 aromatic heterocycles. The molecule has 0 spiro atoms. The van der Waals surface area contributed by atoms with Crippen molar-refractivity contribution in [2.45, 2.75) is 39.5 Å². The molecule has 0 bridgehead atoms. The Morgan fingerprint density at radius 1 is 1.54 bits per heavy atom. The van der Waals surface area contributed by atoms with Gasteiger partial charge in [0, 0.05) is 18.4 Å². The average molecular weight is 187 g/mol. The largest absolute Gasteiger partial charge is 0.441 e. The van der Waals surface area contributed by atoms with Crippen LogP contribution in [-0.2, 0) is 5.41 Å². The van der Waals surface area contributed by atoms with Gasteiger partial charge in [0.05, 0.1) is 0 Å². The smallest absolute Gasteiger partial charge is 0.256 e. The molecule has 0 N–H and O–H groups in total. The topological polar surface area (TPSA) is 35.3 Å². The number of rotatable bonds is 2. The Bertz CT molecular complexity index is 275. The lowest BCUT2D eigenvalue weighted by Gasteiger charge is -2.11. The first-order valence-corrected chi connectivity index (χ1v) is 4.17. The molecule has 0 radical (unpaired) electrons. The molecule has 4 heteroatoms. The SMILES string of the molecule is CC(F)Oc1cc(C(C)(C)C)on1. The van der Waals surface area contributed by atoms with Crippen LogP contribution in [-0.4, -0.2) is 11.5 Å². The van der Waals surface area contributed by atoms with Crippen LogP contribution in [0.25, 0.3) is 0 Å². The van der Waals surface area contributed by atoms with Gasteiger partial charge in [-0.15, -0.1) is 0 Å². The van der Waals surface area contributed by atoms with Crippen LogP contribution >= 0.6 is 0 Å². The molecule has 1 rings (SSSR count). The Morgan fingerprint density at radius 2 is 2.15 bits per heavy atom. The first-order chi connectivity index (χ1) is 5.89. The minimum atomic E-state index is -1.36. The molecule has 0 saturated heterocycles. The van der Waals surface area contributed by atoms with E-state index in [1.165, 1.54) is 6.92 Å². The molecule has 13 heavy (non-hydrogen) atoms. The van der Waals surface area contributed by atoms with E-state index in [-0.39, 0.29) is 11.3 Å². The number of hydrogen-bond acceptors (Lipinski definition) is 3. The van der Waals surface area contributed by atoms with Crippen molar-refractivity contribution in [1.82, 2.24) is 5.16 Å². The molecule has 3 nitrogen and oxygen atoms in total. The second-order valence-electron chi connectivity index (χ2n) is 3.94. The van der Waals surface area contributed by atoms with Crippen LogP contribution in [0.4, 0.5) is 4.39 Å². The highest BCUT2D eigenvalue weighted by molar-refractivity contribution is 5.17. The molecule has 1 atom stereocenters. The van der Waals surface area contributed by atoms with E-state index >= 15 is 0 Å². The van der Waals surface area contributed by atoms with Gasteiger partial charge in [-0.3, -0.25) is 0 Å². The lowest BCUT2D eigenvalue weighted by atomic mass is 9.94. The van der Waals surface area contributed by atoms with Crippen molar-refractivity contribution in [3.63, 3.8) is 0 Å². The second-order valence-corrected chi connectivity index (χ2v) is 3.94. The van der Waals surface area contributed by atoms with Gasteiger partial charge in [-0.2, -0.15) is 0 Å². The van der Waals surface area contributed by atoms with Gasteiger partial charge in [0.15, 0.2) is 0 Å². The van der Waals surface area contributed by atoms with Crippen LogP contribution in [0.1, 0.15) is 33.5 Å². The van der Waals surface area contributed by atoms with Gasteiger partial charge in [0.25, 0.3) is 5.88 Å². The maximum atomic E-state index is 12.4. The first kappa shape index (κ1) is 10.0. The van der Waals surface area contributed by atoms with Crippen molar-refractivity contribution in [3.05, 3.63) is 11.8 Å². The quantitative estimate of drug-likeness (QED) is 0.714. The van der Waals surface area contributed by atoms with Gasteiger partial charge >= 0.3 is 0 Å². The number of alkyl halides is 1. The van der Waals surface area contributed by atoms with Crippen LogP contribution in [0.3, 0.4) is 0 Å². The summed E-state index contributed by atoms with van der Waals surface area (Å²) < 4.78 is 22.1. The number of hydrogen-bond donors (Lipinski definition) is 0. The summed E-state index contributed by atoms with van der Waals surface area (Å²) in [6.45, 7) is 7.24. The number of nitrogens with zero attached hydrogens (tertiary/aromatic N) is 1. The van der Waals surface area contributed by atoms with E-state index < -0.39 is 6.36 Å². The van der Waals surface area contributed by atoms with Crippen molar-refractivity contribution in [2.75, 3.05) is 0 Å². The van der Waals surface area contributed by atoms with Crippen molar-refractivity contribution >= 4 is 0 Å². The van der Waals surface area contributed by atoms with Crippen LogP contribution in [0.2, 0.25) is 0 Å². The molecule has 1 unspecified atom stereocenters. The highest BCUT2D eigenvalue weighted by atomic mass is 19.1. The average Bonchev–Trinajstić information content (AvgIpc) is 2.32. The van der Waals surface area contributed by atoms with Gasteiger partial charge in [-0.25, -0.2) is 4.39 Å². The van der Waals surface area contributed by atoms with E-state index in [0.29, 0.717) is 5.76 Å². The molecule has 0 aliphatic carbocycles. The van der Waals surface area contributed by atoms with Crippen molar-refractivity contribution < 1.29 is 13.7 Å². The van der Waals surface area contributed by atoms with Crippen LogP contribution in [0.5, 0.6) is 5.88 Å². The third kappa shape index (κ3) is 2.72. The Hall–Kier alpha value is -1.06. The Kier molecular flexibility index (Phi) is 2.59. The summed E-state index contributed by atoms with van der Waals surface area (Å²) in [4.78, 5) is 0. The van der Waals surface area contributed by atoms with Gasteiger partial charge in [-0.1, -0.05) is 20.8 Å². The normalized spacial score (nSPS) is 14.2. The fraction of sp³-hybridized carbons (Fsp3) is 0.667. The lowest BCUT2D eigenvalue weighted by molar-refractivity contribution is 0.0765. The van der Waals surface area contributed by atoms with E-state index in [2.05, 4.69) is 5.16 Å². The highest BCUT2D eigenvalue weighted by Gasteiger charge is 2.20. The Labute approximate surface area is 76.9 Å². The van der Waals surface area contributed by atoms with Gasteiger partial charge in [0.2, 0.25) is 6.36 Å². The molecule has 0 saturated carbocycles. The maximum absolute atomic E-state index is 12.4. The Balaban J connectivity index is 2.75. The number of ether oxygens (including phenoxy) is 1. The summed E-state index contributed by atoms with van der Waals surface area (Å²) in [6.07, 6.45) is -1.36.